The molecule has 1 unspecified atom stereocenters. The monoisotopic (exact) mass is 497 g/mol. The number of hydrogen-bond donors (Lipinski definition) is 11. The first kappa shape index (κ1) is 25.9. The largest absolute Gasteiger partial charge is 0.436 e. The average Bonchev–Trinajstić information content (AvgIpc) is 3.02. The molecule has 1 atom stereocenters. The molecular formula is C16H20FN3O14. The highest BCUT2D eigenvalue weighted by Gasteiger charge is 2.75. The molecule has 0 radical (unpaired) electrons. The third-order valence-electron chi connectivity index (χ3n) is 4.89. The van der Waals surface area contributed by atoms with E-state index < -0.39 is 70.7 Å². The Kier molecular flexibility index (Phi) is 5.80. The first-order valence-electron chi connectivity index (χ1n) is 9.05. The second-order valence-electron chi connectivity index (χ2n) is 7.45. The van der Waals surface area contributed by atoms with Gasteiger partial charge in [0.2, 0.25) is 5.91 Å². The van der Waals surface area contributed by atoms with Gasteiger partial charge in [0.15, 0.2) is 6.10 Å². The standard InChI is InChI=1S/C16H20FN3O14/c1-6(21)18-12(23,24)10-5-19(11(22)33-10)7-2-3-9(8(17)4-7)20-13(25,26)15(29,30)34-16(31,32)14(20,27)28/h2-4,10,23-32H,5H2,1H3,(H,18,21). The van der Waals surface area contributed by atoms with Gasteiger partial charge in [-0.25, -0.2) is 9.18 Å². The van der Waals surface area contributed by atoms with Gasteiger partial charge in [0.25, 0.3) is 5.91 Å². The summed E-state index contributed by atoms with van der Waals surface area (Å²) < 4.78 is 23.3. The maximum Gasteiger partial charge on any atom is 0.415 e. The van der Waals surface area contributed by atoms with Crippen molar-refractivity contribution in [1.29, 1.82) is 0 Å². The summed E-state index contributed by atoms with van der Waals surface area (Å²) in [7, 11) is 0. The van der Waals surface area contributed by atoms with Crippen LogP contribution in [0.3, 0.4) is 0 Å². The van der Waals surface area contributed by atoms with Crippen LogP contribution in [-0.4, -0.2) is 105 Å². The number of cyclic esters (lactones) is 1. The van der Waals surface area contributed by atoms with E-state index in [4.69, 9.17) is 4.74 Å². The van der Waals surface area contributed by atoms with Crippen LogP contribution in [0.5, 0.6) is 0 Å². The molecule has 11 N–H and O–H groups in total. The SMILES string of the molecule is CC(=O)NC(O)(O)C1CN(c2ccc(N3C(O)(O)C(O)(O)OC(O)(O)C3(O)O)c(F)c2)C(=O)O1. The molecule has 190 valence electrons. The molecule has 34 heavy (non-hydrogen) atoms. The van der Waals surface area contributed by atoms with Crippen LogP contribution in [-0.2, 0) is 14.3 Å². The zero-order chi connectivity index (χ0) is 26.1. The zero-order valence-corrected chi connectivity index (χ0v) is 16.9. The molecule has 1 aromatic carbocycles. The molecular weight excluding hydrogens is 477 g/mol. The second-order valence-corrected chi connectivity index (χ2v) is 7.45. The van der Waals surface area contributed by atoms with Gasteiger partial charge in [-0.3, -0.25) is 19.3 Å². The number of carbonyl (C=O) groups is 2. The predicted octanol–water partition coefficient (Wildman–Crippen LogP) is -5.68. The van der Waals surface area contributed by atoms with E-state index in [9.17, 15) is 65.0 Å². The minimum atomic E-state index is -4.32. The molecule has 2 heterocycles. The molecule has 2 fully saturated rings. The lowest BCUT2D eigenvalue weighted by molar-refractivity contribution is -0.606. The quantitative estimate of drug-likeness (QED) is 0.173. The van der Waals surface area contributed by atoms with Crippen molar-refractivity contribution in [2.45, 2.75) is 42.7 Å². The highest BCUT2D eigenvalue weighted by molar-refractivity contribution is 5.90. The second kappa shape index (κ2) is 7.63. The molecule has 2 saturated heterocycles. The molecule has 2 aliphatic heterocycles. The molecule has 0 spiro atoms. The van der Waals surface area contributed by atoms with Crippen molar-refractivity contribution in [2.24, 2.45) is 0 Å². The number of nitrogens with zero attached hydrogens (tertiary/aromatic N) is 2. The number of morpholine rings is 1. The molecule has 0 saturated carbocycles. The Morgan fingerprint density at radius 2 is 1.62 bits per heavy atom. The van der Waals surface area contributed by atoms with Crippen LogP contribution in [0, 0.1) is 5.82 Å². The van der Waals surface area contributed by atoms with Crippen LogP contribution in [0.15, 0.2) is 18.2 Å². The van der Waals surface area contributed by atoms with Gasteiger partial charge >= 0.3 is 29.9 Å². The van der Waals surface area contributed by atoms with Crippen LogP contribution in [0.4, 0.5) is 20.6 Å². The van der Waals surface area contributed by atoms with Crippen molar-refractivity contribution in [3.63, 3.8) is 0 Å². The third kappa shape index (κ3) is 3.91. The van der Waals surface area contributed by atoms with Crippen LogP contribution in [0.1, 0.15) is 6.92 Å². The van der Waals surface area contributed by atoms with Crippen molar-refractivity contribution in [1.82, 2.24) is 5.32 Å². The summed E-state index contributed by atoms with van der Waals surface area (Å²) in [5, 5.41) is 99.9. The molecule has 0 aliphatic carbocycles. The number of carbonyl (C=O) groups excluding carboxylic acids is 2. The Labute approximate surface area is 187 Å². The minimum absolute atomic E-state index is 0.387. The van der Waals surface area contributed by atoms with Crippen molar-refractivity contribution >= 4 is 23.4 Å². The highest BCUT2D eigenvalue weighted by Crippen LogP contribution is 2.45. The molecule has 3 rings (SSSR count). The van der Waals surface area contributed by atoms with E-state index in [1.807, 2.05) is 0 Å². The number of amides is 2. The third-order valence-corrected chi connectivity index (χ3v) is 4.89. The number of benzene rings is 1. The summed E-state index contributed by atoms with van der Waals surface area (Å²) in [6, 6.07) is 1.78. The Hall–Kier alpha value is -2.75. The van der Waals surface area contributed by atoms with Crippen LogP contribution >= 0.6 is 0 Å². The minimum Gasteiger partial charge on any atom is -0.436 e. The summed E-state index contributed by atoms with van der Waals surface area (Å²) in [6.07, 6.45) is -2.99. The fourth-order valence-electron chi connectivity index (χ4n) is 3.25. The molecule has 18 heteroatoms. The van der Waals surface area contributed by atoms with Gasteiger partial charge in [0.05, 0.1) is 17.9 Å². The normalized spacial score (nSPS) is 25.2. The molecule has 17 nitrogen and oxygen atoms in total. The summed E-state index contributed by atoms with van der Waals surface area (Å²) in [5.41, 5.74) is -1.68. The van der Waals surface area contributed by atoms with E-state index in [0.717, 1.165) is 13.0 Å². The van der Waals surface area contributed by atoms with Crippen molar-refractivity contribution < 1.29 is 74.5 Å². The van der Waals surface area contributed by atoms with E-state index >= 15 is 0 Å². The molecule has 0 aromatic heterocycles. The number of ether oxygens (including phenoxy) is 2. The summed E-state index contributed by atoms with van der Waals surface area (Å²) in [5.74, 6) is -22.8. The van der Waals surface area contributed by atoms with Gasteiger partial charge < -0.3 is 61.1 Å². The molecule has 1 aromatic rings. The number of nitrogens with one attached hydrogen (secondary N) is 1. The molecule has 2 amide bonds. The van der Waals surface area contributed by atoms with Crippen molar-refractivity contribution in [2.75, 3.05) is 16.3 Å². The van der Waals surface area contributed by atoms with Gasteiger partial charge in [-0.05, 0) is 18.2 Å². The zero-order valence-electron chi connectivity index (χ0n) is 16.9. The Balaban J connectivity index is 1.98. The lowest BCUT2D eigenvalue weighted by Crippen LogP contribution is -2.84. The van der Waals surface area contributed by atoms with Crippen LogP contribution < -0.4 is 15.1 Å². The van der Waals surface area contributed by atoms with Gasteiger partial charge in [-0.2, -0.15) is 0 Å². The fraction of sp³-hybridized carbons (Fsp3) is 0.500. The Morgan fingerprint density at radius 1 is 1.09 bits per heavy atom. The Bertz CT molecular complexity index is 987. The Morgan fingerprint density at radius 3 is 2.09 bits per heavy atom. The summed E-state index contributed by atoms with van der Waals surface area (Å²) in [4.78, 5) is 23.1. The predicted molar refractivity (Wildman–Crippen MR) is 97.2 cm³/mol. The lowest BCUT2D eigenvalue weighted by atomic mass is 10.1. The number of halogens is 1. The van der Waals surface area contributed by atoms with Gasteiger partial charge in [-0.1, -0.05) is 0 Å². The van der Waals surface area contributed by atoms with E-state index in [2.05, 4.69) is 4.74 Å². The summed E-state index contributed by atoms with van der Waals surface area (Å²) >= 11 is 0. The molecule has 0 bridgehead atoms. The van der Waals surface area contributed by atoms with Crippen LogP contribution in [0.2, 0.25) is 0 Å². The maximum absolute atomic E-state index is 14.9. The van der Waals surface area contributed by atoms with Crippen LogP contribution in [0.25, 0.3) is 0 Å². The average molecular weight is 497 g/mol. The number of rotatable bonds is 4. The number of anilines is 2. The first-order valence-corrected chi connectivity index (χ1v) is 9.05. The van der Waals surface area contributed by atoms with E-state index in [0.29, 0.717) is 17.0 Å². The van der Waals surface area contributed by atoms with E-state index in [1.54, 1.807) is 5.32 Å². The van der Waals surface area contributed by atoms with Crippen molar-refractivity contribution in [3.05, 3.63) is 24.0 Å². The highest BCUT2D eigenvalue weighted by atomic mass is 19.1. The van der Waals surface area contributed by atoms with Gasteiger partial charge in [0.1, 0.15) is 5.82 Å². The van der Waals surface area contributed by atoms with Gasteiger partial charge in [-0.15, -0.1) is 0 Å². The maximum atomic E-state index is 14.9. The topological polar surface area (TPSA) is 273 Å². The summed E-state index contributed by atoms with van der Waals surface area (Å²) in [6.45, 7) is 0.296. The number of aliphatic hydroxyl groups is 10. The smallest absolute Gasteiger partial charge is 0.415 e. The van der Waals surface area contributed by atoms with Gasteiger partial charge in [0, 0.05) is 6.92 Å². The lowest BCUT2D eigenvalue weighted by Gasteiger charge is -2.55. The number of hydrogen-bond acceptors (Lipinski definition) is 15. The first-order chi connectivity index (χ1) is 15.2. The van der Waals surface area contributed by atoms with Crippen molar-refractivity contribution in [3.8, 4) is 0 Å². The van der Waals surface area contributed by atoms with E-state index in [1.165, 1.54) is 0 Å². The van der Waals surface area contributed by atoms with E-state index in [-0.39, 0.29) is 5.69 Å². The fourth-order valence-corrected chi connectivity index (χ4v) is 3.25. The molecule has 2 aliphatic rings.